The number of thioether (sulfide) groups is 1. The number of halogens is 1. The molecule has 0 N–H and O–H groups in total. The lowest BCUT2D eigenvalue weighted by molar-refractivity contribution is 0.404. The molecule has 1 heterocycles. The molecule has 25 heavy (non-hydrogen) atoms. The lowest BCUT2D eigenvalue weighted by Gasteiger charge is -2.18. The first-order chi connectivity index (χ1) is 12.2. The van der Waals surface area contributed by atoms with Crippen molar-refractivity contribution in [1.29, 1.82) is 0 Å². The first-order valence-electron chi connectivity index (χ1n) is 8.24. The van der Waals surface area contributed by atoms with Gasteiger partial charge in [-0.25, -0.2) is 4.98 Å². The summed E-state index contributed by atoms with van der Waals surface area (Å²) in [7, 11) is 1.72. The molecular weight excluding hydrogens is 352 g/mol. The van der Waals surface area contributed by atoms with Crippen LogP contribution in [0.1, 0.15) is 12.0 Å². The first-order valence-corrected chi connectivity index (χ1v) is 9.50. The van der Waals surface area contributed by atoms with E-state index in [0.717, 1.165) is 30.2 Å². The summed E-state index contributed by atoms with van der Waals surface area (Å²) >= 11 is 7.84. The van der Waals surface area contributed by atoms with Gasteiger partial charge in [0.1, 0.15) is 5.75 Å². The van der Waals surface area contributed by atoms with Crippen LogP contribution in [0.4, 0.5) is 0 Å². The van der Waals surface area contributed by atoms with Crippen LogP contribution in [0.3, 0.4) is 0 Å². The van der Waals surface area contributed by atoms with Crippen LogP contribution < -0.4 is 4.74 Å². The SMILES string of the molecule is COc1ccccc1SC(CCc1ccc(Cl)cc1)Cn1ccnc1. The van der Waals surface area contributed by atoms with E-state index in [2.05, 4.69) is 33.8 Å². The number of aryl methyl sites for hydroxylation is 1. The number of hydrogen-bond donors (Lipinski definition) is 0. The number of benzene rings is 2. The number of ether oxygens (including phenoxy) is 1. The Hall–Kier alpha value is -1.91. The molecule has 0 fully saturated rings. The van der Waals surface area contributed by atoms with Crippen LogP contribution in [0.2, 0.25) is 5.02 Å². The largest absolute Gasteiger partial charge is 0.496 e. The van der Waals surface area contributed by atoms with Crippen molar-refractivity contribution in [3.05, 3.63) is 77.8 Å². The summed E-state index contributed by atoms with van der Waals surface area (Å²) < 4.78 is 7.64. The van der Waals surface area contributed by atoms with Crippen molar-refractivity contribution in [3.8, 4) is 5.75 Å². The van der Waals surface area contributed by atoms with Crippen LogP contribution in [0.25, 0.3) is 0 Å². The molecule has 3 aromatic rings. The fourth-order valence-electron chi connectivity index (χ4n) is 2.69. The fourth-order valence-corrected chi connectivity index (χ4v) is 4.08. The van der Waals surface area contributed by atoms with E-state index in [9.17, 15) is 0 Å². The molecule has 0 bridgehead atoms. The third-order valence-electron chi connectivity index (χ3n) is 4.00. The second-order valence-electron chi connectivity index (χ2n) is 5.82. The zero-order valence-electron chi connectivity index (χ0n) is 14.1. The summed E-state index contributed by atoms with van der Waals surface area (Å²) in [6.07, 6.45) is 7.78. The molecule has 0 saturated carbocycles. The van der Waals surface area contributed by atoms with E-state index in [1.165, 1.54) is 10.5 Å². The average molecular weight is 373 g/mol. The summed E-state index contributed by atoms with van der Waals surface area (Å²) in [5.74, 6) is 0.926. The quantitative estimate of drug-likeness (QED) is 0.499. The summed E-state index contributed by atoms with van der Waals surface area (Å²) in [5, 5.41) is 1.20. The van der Waals surface area contributed by atoms with E-state index in [0.29, 0.717) is 5.25 Å². The molecule has 0 aliphatic carbocycles. The van der Waals surface area contributed by atoms with E-state index in [1.807, 2.05) is 54.7 Å². The molecule has 0 spiro atoms. The molecule has 1 aromatic heterocycles. The molecule has 5 heteroatoms. The molecule has 3 rings (SSSR count). The Balaban J connectivity index is 1.71. The number of imidazole rings is 1. The van der Waals surface area contributed by atoms with Gasteiger partial charge in [-0.1, -0.05) is 35.9 Å². The van der Waals surface area contributed by atoms with Gasteiger partial charge in [-0.15, -0.1) is 11.8 Å². The van der Waals surface area contributed by atoms with Crippen LogP contribution in [0, 0.1) is 0 Å². The lowest BCUT2D eigenvalue weighted by atomic mass is 10.1. The molecule has 1 unspecified atom stereocenters. The molecule has 2 aromatic carbocycles. The predicted octanol–water partition coefficient (Wildman–Crippen LogP) is 5.34. The third kappa shape index (κ3) is 5.28. The van der Waals surface area contributed by atoms with Crippen LogP contribution in [-0.4, -0.2) is 21.9 Å². The highest BCUT2D eigenvalue weighted by Gasteiger charge is 2.14. The van der Waals surface area contributed by atoms with Crippen molar-refractivity contribution in [2.75, 3.05) is 7.11 Å². The van der Waals surface area contributed by atoms with Crippen molar-refractivity contribution in [3.63, 3.8) is 0 Å². The van der Waals surface area contributed by atoms with Gasteiger partial charge in [0.25, 0.3) is 0 Å². The predicted molar refractivity (Wildman–Crippen MR) is 105 cm³/mol. The van der Waals surface area contributed by atoms with Gasteiger partial charge < -0.3 is 9.30 Å². The molecular formula is C20H21ClN2OS. The van der Waals surface area contributed by atoms with E-state index in [1.54, 1.807) is 7.11 Å². The topological polar surface area (TPSA) is 27.1 Å². The number of para-hydroxylation sites is 1. The standard InChI is InChI=1S/C20H21ClN2OS/c1-24-19-4-2-3-5-20(19)25-18(14-23-13-12-22-15-23)11-8-16-6-9-17(21)10-7-16/h2-7,9-10,12-13,15,18H,8,11,14H2,1H3. The van der Waals surface area contributed by atoms with Gasteiger partial charge in [0.2, 0.25) is 0 Å². The molecule has 0 saturated heterocycles. The number of rotatable bonds is 8. The highest BCUT2D eigenvalue weighted by atomic mass is 35.5. The Kier molecular flexibility index (Phi) is 6.42. The zero-order valence-corrected chi connectivity index (χ0v) is 15.7. The number of aromatic nitrogens is 2. The average Bonchev–Trinajstić information content (AvgIpc) is 3.14. The summed E-state index contributed by atoms with van der Waals surface area (Å²) in [6.45, 7) is 0.913. The van der Waals surface area contributed by atoms with Crippen molar-refractivity contribution >= 4 is 23.4 Å². The van der Waals surface area contributed by atoms with Gasteiger partial charge in [0, 0.05) is 34.1 Å². The maximum absolute atomic E-state index is 5.98. The Morgan fingerprint density at radius 1 is 1.16 bits per heavy atom. The van der Waals surface area contributed by atoms with Crippen molar-refractivity contribution in [1.82, 2.24) is 9.55 Å². The monoisotopic (exact) mass is 372 g/mol. The van der Waals surface area contributed by atoms with Gasteiger partial charge in [-0.3, -0.25) is 0 Å². The molecule has 0 radical (unpaired) electrons. The number of nitrogens with zero attached hydrogens (tertiary/aromatic N) is 2. The summed E-state index contributed by atoms with van der Waals surface area (Å²) in [5.41, 5.74) is 1.31. The number of methoxy groups -OCH3 is 1. The van der Waals surface area contributed by atoms with Gasteiger partial charge in [0.15, 0.2) is 0 Å². The molecule has 1 atom stereocenters. The maximum atomic E-state index is 5.98. The van der Waals surface area contributed by atoms with Crippen LogP contribution in [-0.2, 0) is 13.0 Å². The molecule has 0 aliphatic heterocycles. The van der Waals surface area contributed by atoms with Crippen LogP contribution >= 0.6 is 23.4 Å². The van der Waals surface area contributed by atoms with Crippen molar-refractivity contribution in [2.24, 2.45) is 0 Å². The Morgan fingerprint density at radius 3 is 2.68 bits per heavy atom. The second-order valence-corrected chi connectivity index (χ2v) is 7.59. The minimum absolute atomic E-state index is 0.418. The van der Waals surface area contributed by atoms with E-state index < -0.39 is 0 Å². The number of hydrogen-bond acceptors (Lipinski definition) is 3. The van der Waals surface area contributed by atoms with Crippen molar-refractivity contribution < 1.29 is 4.74 Å². The molecule has 0 amide bonds. The second kappa shape index (κ2) is 8.97. The fraction of sp³-hybridized carbons (Fsp3) is 0.250. The van der Waals surface area contributed by atoms with Gasteiger partial charge in [-0.05, 0) is 42.7 Å². The van der Waals surface area contributed by atoms with Gasteiger partial charge in [0.05, 0.1) is 13.4 Å². The maximum Gasteiger partial charge on any atom is 0.132 e. The Bertz CT molecular complexity index is 775. The van der Waals surface area contributed by atoms with Crippen LogP contribution in [0.5, 0.6) is 5.75 Å². The van der Waals surface area contributed by atoms with E-state index >= 15 is 0 Å². The van der Waals surface area contributed by atoms with E-state index in [4.69, 9.17) is 16.3 Å². The van der Waals surface area contributed by atoms with Crippen LogP contribution in [0.15, 0.2) is 72.1 Å². The van der Waals surface area contributed by atoms with Crippen molar-refractivity contribution in [2.45, 2.75) is 29.5 Å². The van der Waals surface area contributed by atoms with Gasteiger partial charge >= 0.3 is 0 Å². The normalized spacial score (nSPS) is 12.1. The minimum Gasteiger partial charge on any atom is -0.496 e. The van der Waals surface area contributed by atoms with Gasteiger partial charge in [-0.2, -0.15) is 0 Å². The first kappa shape index (κ1) is 17.9. The Labute approximate surface area is 158 Å². The molecule has 130 valence electrons. The Morgan fingerprint density at radius 2 is 1.96 bits per heavy atom. The van der Waals surface area contributed by atoms with E-state index in [-0.39, 0.29) is 0 Å². The summed E-state index contributed by atoms with van der Waals surface area (Å²) in [6, 6.07) is 16.3. The highest BCUT2D eigenvalue weighted by molar-refractivity contribution is 8.00. The lowest BCUT2D eigenvalue weighted by Crippen LogP contribution is -2.13. The molecule has 0 aliphatic rings. The zero-order chi connectivity index (χ0) is 17.5. The minimum atomic E-state index is 0.418. The highest BCUT2D eigenvalue weighted by Crippen LogP contribution is 2.34. The third-order valence-corrected chi connectivity index (χ3v) is 5.57. The molecule has 3 nitrogen and oxygen atoms in total. The smallest absolute Gasteiger partial charge is 0.132 e. The summed E-state index contributed by atoms with van der Waals surface area (Å²) in [4.78, 5) is 5.33.